The van der Waals surface area contributed by atoms with Crippen molar-refractivity contribution in [2.24, 2.45) is 5.73 Å². The Bertz CT molecular complexity index is 1840. The summed E-state index contributed by atoms with van der Waals surface area (Å²) in [5, 5.41) is 0.805. The van der Waals surface area contributed by atoms with Crippen LogP contribution >= 0.6 is 0 Å². The van der Waals surface area contributed by atoms with Crippen LogP contribution in [0.5, 0.6) is 5.75 Å². The molecule has 10 heteroatoms. The first-order chi connectivity index (χ1) is 20.9. The third kappa shape index (κ3) is 7.41. The number of ether oxygens (including phenoxy) is 1. The van der Waals surface area contributed by atoms with Crippen molar-refractivity contribution >= 4 is 22.8 Å². The van der Waals surface area contributed by atoms with Crippen molar-refractivity contribution in [2.45, 2.75) is 25.8 Å². The molecule has 218 valence electrons. The van der Waals surface area contributed by atoms with Gasteiger partial charge in [-0.15, -0.1) is 0 Å². The number of hydrogen-bond acceptors (Lipinski definition) is 7. The van der Waals surface area contributed by atoms with Crippen LogP contribution in [0.15, 0.2) is 90.3 Å². The third-order valence-corrected chi connectivity index (χ3v) is 6.69. The predicted molar refractivity (Wildman–Crippen MR) is 160 cm³/mol. The first-order valence-corrected chi connectivity index (χ1v) is 13.8. The Balaban J connectivity index is 1.27. The Kier molecular flexibility index (Phi) is 9.38. The van der Waals surface area contributed by atoms with Gasteiger partial charge in [-0.05, 0) is 47.4 Å². The lowest BCUT2D eigenvalue weighted by molar-refractivity contribution is 0.0981. The largest absolute Gasteiger partial charge is 0.490 e. The summed E-state index contributed by atoms with van der Waals surface area (Å²) in [6.07, 6.45) is 9.01. The van der Waals surface area contributed by atoms with Crippen LogP contribution in [0.1, 0.15) is 45.7 Å². The zero-order valence-corrected chi connectivity index (χ0v) is 23.2. The number of carbonyl (C=O) groups is 1. The number of halogens is 2. The summed E-state index contributed by atoms with van der Waals surface area (Å²) in [5.74, 6) is -1.09. The number of allylic oxidation sites excluding steroid dienone is 1. The van der Waals surface area contributed by atoms with E-state index in [9.17, 15) is 18.4 Å². The topological polar surface area (TPSA) is 113 Å². The second-order valence-corrected chi connectivity index (χ2v) is 9.90. The Morgan fingerprint density at radius 3 is 2.63 bits per heavy atom. The molecule has 0 fully saturated rings. The minimum atomic E-state index is -1.01. The highest BCUT2D eigenvalue weighted by Gasteiger charge is 2.14. The molecule has 0 saturated heterocycles. The molecule has 0 aliphatic heterocycles. The third-order valence-electron chi connectivity index (χ3n) is 6.69. The van der Waals surface area contributed by atoms with Gasteiger partial charge in [-0.2, -0.15) is 0 Å². The molecule has 0 aliphatic carbocycles. The highest BCUT2D eigenvalue weighted by Crippen LogP contribution is 2.27. The molecule has 2 heterocycles. The minimum absolute atomic E-state index is 0.0436. The maximum absolute atomic E-state index is 13.6. The zero-order valence-electron chi connectivity index (χ0n) is 23.2. The fourth-order valence-corrected chi connectivity index (χ4v) is 4.57. The van der Waals surface area contributed by atoms with Crippen molar-refractivity contribution in [3.8, 4) is 5.75 Å². The van der Waals surface area contributed by atoms with Crippen molar-refractivity contribution in [3.05, 3.63) is 136 Å². The van der Waals surface area contributed by atoms with Crippen molar-refractivity contribution in [2.75, 3.05) is 13.2 Å². The smallest absolute Gasteiger partial charge is 0.264 e. The van der Waals surface area contributed by atoms with Crippen LogP contribution in [0, 0.1) is 11.6 Å². The molecular formula is C33H29F2N5O3. The highest BCUT2D eigenvalue weighted by molar-refractivity contribution is 5.95. The van der Waals surface area contributed by atoms with E-state index >= 15 is 0 Å². The van der Waals surface area contributed by atoms with Gasteiger partial charge in [0, 0.05) is 37.2 Å². The van der Waals surface area contributed by atoms with E-state index in [4.69, 9.17) is 15.5 Å². The summed E-state index contributed by atoms with van der Waals surface area (Å²) in [5.41, 5.74) is 8.07. The molecule has 0 aliphatic rings. The van der Waals surface area contributed by atoms with E-state index in [0.717, 1.165) is 28.6 Å². The van der Waals surface area contributed by atoms with Crippen molar-refractivity contribution in [1.82, 2.24) is 19.5 Å². The fraction of sp³-hybridized carbons (Fsp3) is 0.182. The van der Waals surface area contributed by atoms with E-state index in [1.165, 1.54) is 23.2 Å². The Morgan fingerprint density at radius 1 is 1.00 bits per heavy atom. The zero-order chi connectivity index (χ0) is 30.2. The van der Waals surface area contributed by atoms with Gasteiger partial charge in [-0.3, -0.25) is 14.2 Å². The number of carbonyl (C=O) groups excluding carboxylic acids is 1. The van der Waals surface area contributed by atoms with Gasteiger partial charge in [-0.1, -0.05) is 48.6 Å². The SMILES string of the molecule is NCCOc1cc(/C=C/CCC(=O)c2cncn(Cc3ccc(F)c(F)c3)c2=O)cc2cnc(Cc3ccccc3)nc12. The Hall–Kier alpha value is -5.09. The molecule has 2 N–H and O–H groups in total. The Labute approximate surface area is 246 Å². The van der Waals surface area contributed by atoms with Gasteiger partial charge in [0.25, 0.3) is 5.56 Å². The Morgan fingerprint density at radius 2 is 1.84 bits per heavy atom. The number of fused-ring (bicyclic) bond motifs is 1. The molecule has 5 rings (SSSR count). The molecule has 3 aromatic carbocycles. The standard InChI is InChI=1S/C33H29F2N5O3/c34-27-11-10-24(15-28(27)35)20-40-21-37-19-26(33(40)42)29(41)9-5-4-8-23-14-25-18-38-31(17-22-6-2-1-3-7-22)39-32(25)30(16-23)43-13-12-36/h1-4,6-8,10-11,14-16,18-19,21H,5,9,12-13,17,20,36H2/b8-4+. The van der Waals surface area contributed by atoms with Crippen molar-refractivity contribution in [3.63, 3.8) is 0 Å². The summed E-state index contributed by atoms with van der Waals surface area (Å²) < 4.78 is 33.9. The average Bonchev–Trinajstić information content (AvgIpc) is 3.01. The van der Waals surface area contributed by atoms with Gasteiger partial charge >= 0.3 is 0 Å². The molecule has 0 saturated carbocycles. The molecule has 0 bridgehead atoms. The van der Waals surface area contributed by atoms with Crippen molar-refractivity contribution < 1.29 is 18.3 Å². The van der Waals surface area contributed by atoms with E-state index < -0.39 is 17.2 Å². The second kappa shape index (κ2) is 13.7. The van der Waals surface area contributed by atoms with Gasteiger partial charge in [0.05, 0.1) is 12.9 Å². The van der Waals surface area contributed by atoms with Crippen LogP contribution in [0.4, 0.5) is 8.78 Å². The normalized spacial score (nSPS) is 11.3. The monoisotopic (exact) mass is 581 g/mol. The maximum atomic E-state index is 13.6. The van der Waals surface area contributed by atoms with Crippen LogP contribution < -0.4 is 16.0 Å². The summed E-state index contributed by atoms with van der Waals surface area (Å²) in [6.45, 7) is 0.633. The lowest BCUT2D eigenvalue weighted by Crippen LogP contribution is -2.27. The molecule has 0 unspecified atom stereocenters. The number of nitrogens with two attached hydrogens (primary N) is 1. The molecule has 0 spiro atoms. The summed E-state index contributed by atoms with van der Waals surface area (Å²) in [6, 6.07) is 17.1. The van der Waals surface area contributed by atoms with Crippen LogP contribution in [-0.2, 0) is 13.0 Å². The molecule has 8 nitrogen and oxygen atoms in total. The maximum Gasteiger partial charge on any atom is 0.264 e. The lowest BCUT2D eigenvalue weighted by atomic mass is 10.1. The van der Waals surface area contributed by atoms with E-state index in [-0.39, 0.29) is 24.3 Å². The van der Waals surface area contributed by atoms with E-state index in [0.29, 0.717) is 48.6 Å². The van der Waals surface area contributed by atoms with E-state index in [1.54, 1.807) is 6.20 Å². The first-order valence-electron chi connectivity index (χ1n) is 13.8. The number of aromatic nitrogens is 4. The molecule has 5 aromatic rings. The van der Waals surface area contributed by atoms with Gasteiger partial charge in [0.15, 0.2) is 17.4 Å². The molecule has 2 aromatic heterocycles. The highest BCUT2D eigenvalue weighted by atomic mass is 19.2. The molecule has 43 heavy (non-hydrogen) atoms. The molecular weight excluding hydrogens is 552 g/mol. The van der Waals surface area contributed by atoms with Gasteiger partial charge < -0.3 is 10.5 Å². The number of Topliss-reactive ketones (excluding diaryl/α,β-unsaturated/α-hetero) is 1. The van der Waals surface area contributed by atoms with Gasteiger partial charge in [0.1, 0.15) is 29.3 Å². The number of ketones is 1. The second-order valence-electron chi connectivity index (χ2n) is 9.90. The summed E-state index contributed by atoms with van der Waals surface area (Å²) in [4.78, 5) is 39.0. The molecule has 0 atom stereocenters. The minimum Gasteiger partial charge on any atom is -0.490 e. The van der Waals surface area contributed by atoms with Crippen LogP contribution in [0.2, 0.25) is 0 Å². The number of benzene rings is 3. The quantitative estimate of drug-likeness (QED) is 0.204. The number of hydrogen-bond donors (Lipinski definition) is 1. The van der Waals surface area contributed by atoms with Crippen molar-refractivity contribution in [1.29, 1.82) is 0 Å². The first kappa shape index (κ1) is 29.4. The van der Waals surface area contributed by atoms with Crippen LogP contribution in [0.25, 0.3) is 17.0 Å². The fourth-order valence-electron chi connectivity index (χ4n) is 4.57. The summed E-state index contributed by atoms with van der Waals surface area (Å²) in [7, 11) is 0. The predicted octanol–water partition coefficient (Wildman–Crippen LogP) is 5.12. The average molecular weight is 582 g/mol. The van der Waals surface area contributed by atoms with Crippen LogP contribution in [0.3, 0.4) is 0 Å². The van der Waals surface area contributed by atoms with E-state index in [1.807, 2.05) is 54.6 Å². The van der Waals surface area contributed by atoms with Gasteiger partial charge in [0.2, 0.25) is 0 Å². The van der Waals surface area contributed by atoms with Crippen LogP contribution in [-0.4, -0.2) is 38.5 Å². The number of rotatable bonds is 12. The summed E-state index contributed by atoms with van der Waals surface area (Å²) >= 11 is 0. The molecule has 0 radical (unpaired) electrons. The number of nitrogens with zero attached hydrogens (tertiary/aromatic N) is 4. The lowest BCUT2D eigenvalue weighted by Gasteiger charge is -2.11. The van der Waals surface area contributed by atoms with Gasteiger partial charge in [-0.25, -0.2) is 23.7 Å². The van der Waals surface area contributed by atoms with E-state index in [2.05, 4.69) is 9.97 Å². The molecule has 0 amide bonds.